The molecule has 0 amide bonds. The van der Waals surface area contributed by atoms with Crippen LogP contribution in [0.15, 0.2) is 279 Å². The molecule has 13 rings (SSSR count). The van der Waals surface area contributed by atoms with E-state index < -0.39 is 0 Å². The molecule has 0 N–H and O–H groups in total. The quantitative estimate of drug-likeness (QED) is 0.137. The van der Waals surface area contributed by atoms with Gasteiger partial charge in [0.1, 0.15) is 0 Å². The second kappa shape index (κ2) is 18.9. The van der Waals surface area contributed by atoms with E-state index >= 15 is 0 Å². The van der Waals surface area contributed by atoms with Gasteiger partial charge in [0.2, 0.25) is 0 Å². The topological polar surface area (TPSA) is 43.6 Å². The minimum atomic E-state index is 0.600. The predicted molar refractivity (Wildman–Crippen MR) is 303 cm³/mol. The Labute approximate surface area is 424 Å². The number of benzene rings is 11. The summed E-state index contributed by atoms with van der Waals surface area (Å²) in [5.41, 5.74) is 19.9. The lowest BCUT2D eigenvalue weighted by Crippen LogP contribution is -2.01. The van der Waals surface area contributed by atoms with Gasteiger partial charge in [0.15, 0.2) is 17.5 Å². The zero-order valence-electron chi connectivity index (χ0n) is 39.8. The Morgan fingerprint density at radius 2 is 0.452 bits per heavy atom. The van der Waals surface area contributed by atoms with Gasteiger partial charge in [-0.3, -0.25) is 0 Å². The SMILES string of the molecule is c1ccc(-c2cccc(-c3cccc(-c4ccc(-c5cccc(-c6nc(-c7cccc(-c8cccc(-c9ccccc9)c8)c7)nc(-c7cccc(-n8c9ccccc9c9ccccc98)c7)n6)c5)cc4)c3)c2)cc1. The molecule has 0 fully saturated rings. The summed E-state index contributed by atoms with van der Waals surface area (Å²) in [6.07, 6.45) is 0. The maximum absolute atomic E-state index is 5.29. The third kappa shape index (κ3) is 8.58. The predicted octanol–water partition coefficient (Wildman–Crippen LogP) is 18.0. The monoisotopic (exact) mass is 930 g/mol. The number of hydrogen-bond donors (Lipinski definition) is 0. The molecule has 0 radical (unpaired) electrons. The Morgan fingerprint density at radius 1 is 0.192 bits per heavy atom. The number of fused-ring (bicyclic) bond motifs is 3. The fraction of sp³-hybridized carbons (Fsp3) is 0. The maximum atomic E-state index is 5.29. The summed E-state index contributed by atoms with van der Waals surface area (Å²) < 4.78 is 2.33. The summed E-state index contributed by atoms with van der Waals surface area (Å²) in [6.45, 7) is 0. The number of para-hydroxylation sites is 2. The molecule has 0 spiro atoms. The second-order valence-corrected chi connectivity index (χ2v) is 18.4. The molecule has 0 bridgehead atoms. The summed E-state index contributed by atoms with van der Waals surface area (Å²) in [7, 11) is 0. The van der Waals surface area contributed by atoms with Crippen molar-refractivity contribution >= 4 is 21.8 Å². The molecule has 342 valence electrons. The number of hydrogen-bond acceptors (Lipinski definition) is 3. The van der Waals surface area contributed by atoms with E-state index in [9.17, 15) is 0 Å². The standard InChI is InChI=1S/C69H46N4/c1-3-17-47(18-4-1)51-21-11-25-55(41-51)56-26-13-23-53(43-56)49-37-39-50(40-38-49)54-24-14-29-59(44-54)67-70-68(60-30-15-28-58(45-60)57-27-12-22-52(42-57)48-19-5-2-6-20-48)72-69(71-67)61-31-16-32-62(46-61)73-65-35-9-7-33-63(65)64-34-8-10-36-66(64)73/h1-46H. The van der Waals surface area contributed by atoms with Gasteiger partial charge in [-0.05, 0) is 121 Å². The van der Waals surface area contributed by atoms with Gasteiger partial charge in [-0.1, -0.05) is 224 Å². The zero-order valence-corrected chi connectivity index (χ0v) is 39.8. The average molecular weight is 931 g/mol. The molecule has 4 heteroatoms. The molecule has 0 unspecified atom stereocenters. The molecule has 2 aromatic heterocycles. The zero-order chi connectivity index (χ0) is 48.5. The molecule has 0 saturated carbocycles. The molecule has 4 nitrogen and oxygen atoms in total. The first-order valence-electron chi connectivity index (χ1n) is 24.7. The van der Waals surface area contributed by atoms with Gasteiger partial charge in [0.05, 0.1) is 11.0 Å². The first-order chi connectivity index (χ1) is 36.1. The van der Waals surface area contributed by atoms with Gasteiger partial charge in [-0.15, -0.1) is 0 Å². The maximum Gasteiger partial charge on any atom is 0.164 e. The largest absolute Gasteiger partial charge is 0.309 e. The summed E-state index contributed by atoms with van der Waals surface area (Å²) in [6, 6.07) is 99.0. The highest BCUT2D eigenvalue weighted by molar-refractivity contribution is 6.09. The van der Waals surface area contributed by atoms with Gasteiger partial charge in [-0.2, -0.15) is 0 Å². The van der Waals surface area contributed by atoms with Gasteiger partial charge in [0, 0.05) is 33.2 Å². The van der Waals surface area contributed by atoms with Crippen LogP contribution in [0, 0.1) is 0 Å². The third-order valence-corrected chi connectivity index (χ3v) is 13.8. The van der Waals surface area contributed by atoms with Crippen molar-refractivity contribution < 1.29 is 0 Å². The summed E-state index contributed by atoms with van der Waals surface area (Å²) >= 11 is 0. The molecule has 73 heavy (non-hydrogen) atoms. The van der Waals surface area contributed by atoms with Gasteiger partial charge in [-0.25, -0.2) is 15.0 Å². The van der Waals surface area contributed by atoms with Gasteiger partial charge >= 0.3 is 0 Å². The molecule has 0 aliphatic rings. The normalized spacial score (nSPS) is 11.3. The van der Waals surface area contributed by atoms with E-state index in [2.05, 4.69) is 284 Å². The van der Waals surface area contributed by atoms with E-state index in [1.807, 2.05) is 0 Å². The highest BCUT2D eigenvalue weighted by Gasteiger charge is 2.17. The van der Waals surface area contributed by atoms with Crippen LogP contribution in [0.4, 0.5) is 0 Å². The van der Waals surface area contributed by atoms with Crippen LogP contribution in [0.2, 0.25) is 0 Å². The molecule has 0 aliphatic heterocycles. The van der Waals surface area contributed by atoms with Crippen molar-refractivity contribution in [2.75, 3.05) is 0 Å². The Morgan fingerprint density at radius 3 is 0.836 bits per heavy atom. The molecular weight excluding hydrogens is 885 g/mol. The number of rotatable bonds is 10. The lowest BCUT2D eigenvalue weighted by Gasteiger charge is -2.13. The molecule has 11 aromatic carbocycles. The van der Waals surface area contributed by atoms with Crippen molar-refractivity contribution in [1.29, 1.82) is 0 Å². The Balaban J connectivity index is 0.874. The summed E-state index contributed by atoms with van der Waals surface area (Å²) in [5, 5.41) is 2.43. The molecular formula is C69H46N4. The highest BCUT2D eigenvalue weighted by atomic mass is 15.0. The van der Waals surface area contributed by atoms with Crippen molar-refractivity contribution in [2.45, 2.75) is 0 Å². The van der Waals surface area contributed by atoms with E-state index in [1.165, 1.54) is 49.7 Å². The Hall–Kier alpha value is -9.77. The molecule has 0 atom stereocenters. The Bertz CT molecular complexity index is 4080. The van der Waals surface area contributed by atoms with E-state index in [-0.39, 0.29) is 0 Å². The summed E-state index contributed by atoms with van der Waals surface area (Å²) in [5.74, 6) is 1.81. The molecule has 13 aromatic rings. The van der Waals surface area contributed by atoms with Crippen molar-refractivity contribution in [2.24, 2.45) is 0 Å². The number of aromatic nitrogens is 4. The van der Waals surface area contributed by atoms with Crippen LogP contribution in [-0.2, 0) is 0 Å². The van der Waals surface area contributed by atoms with Crippen LogP contribution < -0.4 is 0 Å². The van der Waals surface area contributed by atoms with E-state index in [4.69, 9.17) is 15.0 Å². The smallest absolute Gasteiger partial charge is 0.164 e. The minimum Gasteiger partial charge on any atom is -0.309 e. The van der Waals surface area contributed by atoms with Gasteiger partial charge < -0.3 is 4.57 Å². The fourth-order valence-corrected chi connectivity index (χ4v) is 10.2. The van der Waals surface area contributed by atoms with Crippen molar-refractivity contribution in [3.05, 3.63) is 279 Å². The van der Waals surface area contributed by atoms with Crippen LogP contribution in [-0.4, -0.2) is 19.5 Å². The Kier molecular flexibility index (Phi) is 11.2. The minimum absolute atomic E-state index is 0.600. The highest BCUT2D eigenvalue weighted by Crippen LogP contribution is 2.36. The summed E-state index contributed by atoms with van der Waals surface area (Å²) in [4.78, 5) is 15.8. The molecule has 0 aliphatic carbocycles. The van der Waals surface area contributed by atoms with E-state index in [1.54, 1.807) is 0 Å². The second-order valence-electron chi connectivity index (χ2n) is 18.4. The van der Waals surface area contributed by atoms with Crippen LogP contribution in [0.1, 0.15) is 0 Å². The fourth-order valence-electron chi connectivity index (χ4n) is 10.2. The van der Waals surface area contributed by atoms with Crippen LogP contribution in [0.3, 0.4) is 0 Å². The molecule has 0 saturated heterocycles. The van der Waals surface area contributed by atoms with Crippen molar-refractivity contribution in [1.82, 2.24) is 19.5 Å². The van der Waals surface area contributed by atoms with Crippen LogP contribution in [0.25, 0.3) is 128 Å². The first-order valence-corrected chi connectivity index (χ1v) is 24.7. The van der Waals surface area contributed by atoms with Crippen LogP contribution >= 0.6 is 0 Å². The third-order valence-electron chi connectivity index (χ3n) is 13.8. The van der Waals surface area contributed by atoms with Crippen molar-refractivity contribution in [3.8, 4) is 107 Å². The lowest BCUT2D eigenvalue weighted by atomic mass is 9.95. The van der Waals surface area contributed by atoms with E-state index in [0.717, 1.165) is 61.2 Å². The molecule has 2 heterocycles. The lowest BCUT2D eigenvalue weighted by molar-refractivity contribution is 1.07. The van der Waals surface area contributed by atoms with E-state index in [0.29, 0.717) is 17.5 Å². The first kappa shape index (κ1) is 43.3. The van der Waals surface area contributed by atoms with Gasteiger partial charge in [0.25, 0.3) is 0 Å². The number of nitrogens with zero attached hydrogens (tertiary/aromatic N) is 4. The van der Waals surface area contributed by atoms with Crippen molar-refractivity contribution in [3.63, 3.8) is 0 Å². The average Bonchev–Trinajstić information content (AvgIpc) is 3.82. The van der Waals surface area contributed by atoms with Crippen LogP contribution in [0.5, 0.6) is 0 Å².